The number of nitrogens with one attached hydrogen (secondary N) is 1. The van der Waals surface area contributed by atoms with Crippen LogP contribution in [-0.4, -0.2) is 46.4 Å². The predicted octanol–water partition coefficient (Wildman–Crippen LogP) is 8.39. The topological polar surface area (TPSA) is 66.0 Å². The number of ether oxygens (including phenoxy) is 1. The number of amides is 1. The third-order valence-electron chi connectivity index (χ3n) is 5.02. The standard InChI is InChI=1S/C26H53NO5Si4/c1-33(2,3)30-36(31-34(4,5)6,32-35(7,8)9)24-20-15-13-11-10-12-14-19-23-27-26(28)29-25-21-17-16-18-22-25/h16-18,21-22H,10-15,19-20,23-24H2,1-9H3,(H,27,28). The summed E-state index contributed by atoms with van der Waals surface area (Å²) in [6.07, 6.45) is 8.95. The van der Waals surface area contributed by atoms with Crippen LogP contribution in [0.2, 0.25) is 65.0 Å². The Labute approximate surface area is 225 Å². The number of hydrogen-bond donors (Lipinski definition) is 1. The Morgan fingerprint density at radius 1 is 0.639 bits per heavy atom. The van der Waals surface area contributed by atoms with Crippen molar-refractivity contribution < 1.29 is 21.9 Å². The lowest BCUT2D eigenvalue weighted by atomic mass is 10.1. The van der Waals surface area contributed by atoms with Crippen LogP contribution in [-0.2, 0) is 12.3 Å². The van der Waals surface area contributed by atoms with Crippen molar-refractivity contribution >= 4 is 39.8 Å². The molecule has 10 heteroatoms. The monoisotopic (exact) mass is 571 g/mol. The fourth-order valence-electron chi connectivity index (χ4n) is 3.96. The van der Waals surface area contributed by atoms with E-state index in [1.54, 1.807) is 12.1 Å². The van der Waals surface area contributed by atoms with Crippen LogP contribution in [0.25, 0.3) is 0 Å². The predicted molar refractivity (Wildman–Crippen MR) is 161 cm³/mol. The summed E-state index contributed by atoms with van der Waals surface area (Å²) in [5.74, 6) is 0.570. The van der Waals surface area contributed by atoms with Gasteiger partial charge in [-0.1, -0.05) is 56.7 Å². The van der Waals surface area contributed by atoms with Crippen LogP contribution in [0, 0.1) is 0 Å². The Morgan fingerprint density at radius 2 is 1.06 bits per heavy atom. The number of benzene rings is 1. The fourth-order valence-corrected chi connectivity index (χ4v) is 18.7. The van der Waals surface area contributed by atoms with Crippen LogP contribution in [0.3, 0.4) is 0 Å². The molecule has 1 aromatic carbocycles. The maximum atomic E-state index is 11.8. The van der Waals surface area contributed by atoms with E-state index in [0.29, 0.717) is 12.3 Å². The molecule has 0 heterocycles. The maximum Gasteiger partial charge on any atom is 0.469 e. The van der Waals surface area contributed by atoms with Crippen molar-refractivity contribution in [1.82, 2.24) is 5.32 Å². The van der Waals surface area contributed by atoms with Crippen molar-refractivity contribution in [1.29, 1.82) is 0 Å². The molecule has 0 saturated heterocycles. The van der Waals surface area contributed by atoms with Crippen LogP contribution in [0.15, 0.2) is 30.3 Å². The van der Waals surface area contributed by atoms with E-state index in [-0.39, 0.29) is 6.09 Å². The number of para-hydroxylation sites is 1. The number of hydrogen-bond acceptors (Lipinski definition) is 5. The van der Waals surface area contributed by atoms with Crippen LogP contribution in [0.5, 0.6) is 5.75 Å². The van der Waals surface area contributed by atoms with Crippen LogP contribution < -0.4 is 10.1 Å². The molecule has 0 atom stereocenters. The van der Waals surface area contributed by atoms with Crippen molar-refractivity contribution in [3.63, 3.8) is 0 Å². The van der Waals surface area contributed by atoms with Gasteiger partial charge in [0, 0.05) is 12.6 Å². The molecule has 0 bridgehead atoms. The van der Waals surface area contributed by atoms with Gasteiger partial charge in [0.1, 0.15) is 5.75 Å². The molecule has 1 N–H and O–H groups in total. The van der Waals surface area contributed by atoms with Gasteiger partial charge in [0.25, 0.3) is 0 Å². The molecule has 0 aromatic heterocycles. The lowest BCUT2D eigenvalue weighted by Crippen LogP contribution is -2.60. The molecule has 0 radical (unpaired) electrons. The Bertz CT molecular complexity index is 705. The van der Waals surface area contributed by atoms with Crippen molar-refractivity contribution in [3.05, 3.63) is 30.3 Å². The van der Waals surface area contributed by atoms with Gasteiger partial charge in [-0.15, -0.1) is 0 Å². The summed E-state index contributed by atoms with van der Waals surface area (Å²) in [5.41, 5.74) is 0. The zero-order chi connectivity index (χ0) is 27.3. The molecule has 36 heavy (non-hydrogen) atoms. The molecule has 0 aliphatic rings. The quantitative estimate of drug-likeness (QED) is 0.142. The summed E-state index contributed by atoms with van der Waals surface area (Å²) >= 11 is 0. The van der Waals surface area contributed by atoms with Crippen molar-refractivity contribution in [2.75, 3.05) is 6.54 Å². The van der Waals surface area contributed by atoms with Gasteiger partial charge in [0.05, 0.1) is 0 Å². The molecular weight excluding hydrogens is 519 g/mol. The number of carbonyl (C=O) groups is 1. The molecule has 1 amide bonds. The van der Waals surface area contributed by atoms with E-state index in [9.17, 15) is 4.79 Å². The van der Waals surface area contributed by atoms with E-state index in [2.05, 4.69) is 64.2 Å². The molecule has 0 aliphatic heterocycles. The number of carbonyl (C=O) groups excluding carboxylic acids is 1. The van der Waals surface area contributed by atoms with Gasteiger partial charge in [-0.25, -0.2) is 4.79 Å². The lowest BCUT2D eigenvalue weighted by Gasteiger charge is -2.43. The van der Waals surface area contributed by atoms with E-state index in [0.717, 1.165) is 25.3 Å². The second kappa shape index (κ2) is 15.6. The van der Waals surface area contributed by atoms with E-state index >= 15 is 0 Å². The SMILES string of the molecule is C[Si](C)(C)O[Si](CCCCCCCCCCNC(=O)Oc1ccccc1)(O[Si](C)(C)C)O[Si](C)(C)C. The normalized spacial score (nSPS) is 13.0. The van der Waals surface area contributed by atoms with Crippen molar-refractivity contribution in [2.45, 2.75) is 116 Å². The van der Waals surface area contributed by atoms with Crippen molar-refractivity contribution in [3.8, 4) is 5.75 Å². The second-order valence-corrected chi connectivity index (χ2v) is 29.5. The molecule has 208 valence electrons. The summed E-state index contributed by atoms with van der Waals surface area (Å²) in [6.45, 7) is 20.9. The van der Waals surface area contributed by atoms with Crippen LogP contribution in [0.4, 0.5) is 4.79 Å². The van der Waals surface area contributed by atoms with E-state index in [1.165, 1.54) is 32.1 Å². The molecule has 1 rings (SSSR count). The summed E-state index contributed by atoms with van der Waals surface area (Å²) in [5, 5.41) is 2.83. The lowest BCUT2D eigenvalue weighted by molar-refractivity contribution is 0.200. The first-order chi connectivity index (χ1) is 16.6. The molecule has 1 aromatic rings. The average molecular weight is 572 g/mol. The van der Waals surface area contributed by atoms with Crippen molar-refractivity contribution in [2.24, 2.45) is 0 Å². The first-order valence-corrected chi connectivity index (χ1v) is 25.9. The molecular formula is C26H53NO5Si4. The first kappa shape index (κ1) is 33.3. The average Bonchev–Trinajstić information content (AvgIpc) is 2.68. The number of rotatable bonds is 18. The minimum absolute atomic E-state index is 0.379. The Hall–Kier alpha value is -0.762. The highest BCUT2D eigenvalue weighted by Crippen LogP contribution is 2.30. The third kappa shape index (κ3) is 17.7. The molecule has 0 saturated carbocycles. The second-order valence-electron chi connectivity index (χ2n) is 12.5. The van der Waals surface area contributed by atoms with Gasteiger partial charge in [-0.3, -0.25) is 0 Å². The zero-order valence-corrected chi connectivity index (χ0v) is 28.5. The highest BCUT2D eigenvalue weighted by atomic mass is 28.5. The van der Waals surface area contributed by atoms with Gasteiger partial charge in [-0.2, -0.15) is 0 Å². The zero-order valence-electron chi connectivity index (χ0n) is 24.5. The highest BCUT2D eigenvalue weighted by molar-refractivity contribution is 6.90. The van der Waals surface area contributed by atoms with E-state index in [1.807, 2.05) is 18.2 Å². The van der Waals surface area contributed by atoms with Gasteiger partial charge < -0.3 is 22.4 Å². The minimum Gasteiger partial charge on any atom is -0.417 e. The molecule has 0 aliphatic carbocycles. The van der Waals surface area contributed by atoms with Gasteiger partial charge in [0.15, 0.2) is 25.0 Å². The van der Waals surface area contributed by atoms with Crippen LogP contribution in [0.1, 0.15) is 51.4 Å². The molecule has 0 spiro atoms. The van der Waals surface area contributed by atoms with E-state index in [4.69, 9.17) is 17.1 Å². The maximum absolute atomic E-state index is 11.8. The summed E-state index contributed by atoms with van der Waals surface area (Å²) in [7, 11) is -8.07. The van der Waals surface area contributed by atoms with Gasteiger partial charge in [-0.05, 0) is 83.9 Å². The third-order valence-corrected chi connectivity index (χ3v) is 17.1. The first-order valence-electron chi connectivity index (χ1n) is 13.7. The van der Waals surface area contributed by atoms with Crippen LogP contribution >= 0.6 is 0 Å². The fraction of sp³-hybridized carbons (Fsp3) is 0.731. The Balaban J connectivity index is 2.29. The summed E-state index contributed by atoms with van der Waals surface area (Å²) in [6, 6.07) is 10.1. The molecule has 0 fully saturated rings. The number of unbranched alkanes of at least 4 members (excludes halogenated alkanes) is 7. The van der Waals surface area contributed by atoms with Gasteiger partial charge in [0.2, 0.25) is 0 Å². The summed E-state index contributed by atoms with van der Waals surface area (Å²) in [4.78, 5) is 11.8. The minimum atomic E-state index is -2.69. The van der Waals surface area contributed by atoms with Gasteiger partial charge >= 0.3 is 14.9 Å². The molecule has 6 nitrogen and oxygen atoms in total. The molecule has 0 unspecified atom stereocenters. The smallest absolute Gasteiger partial charge is 0.417 e. The Morgan fingerprint density at radius 3 is 1.50 bits per heavy atom. The summed E-state index contributed by atoms with van der Waals surface area (Å²) < 4.78 is 25.6. The Kier molecular flexibility index (Phi) is 14.4. The highest BCUT2D eigenvalue weighted by Gasteiger charge is 2.49. The van der Waals surface area contributed by atoms with E-state index < -0.39 is 33.8 Å². The largest absolute Gasteiger partial charge is 0.469 e.